The lowest BCUT2D eigenvalue weighted by Crippen LogP contribution is -2.08. The Kier molecular flexibility index (Phi) is 7.23. The van der Waals surface area contributed by atoms with Crippen LogP contribution in [0.25, 0.3) is 6.08 Å². The summed E-state index contributed by atoms with van der Waals surface area (Å²) >= 11 is 0. The van der Waals surface area contributed by atoms with E-state index in [0.29, 0.717) is 34.8 Å². The Labute approximate surface area is 210 Å². The maximum absolute atomic E-state index is 12.5. The van der Waals surface area contributed by atoms with Gasteiger partial charge >= 0.3 is 5.97 Å². The fourth-order valence-corrected chi connectivity index (χ4v) is 3.61. The fraction of sp³-hybridized carbons (Fsp3) is 0.154. The van der Waals surface area contributed by atoms with Gasteiger partial charge in [-0.05, 0) is 61.4 Å². The van der Waals surface area contributed by atoms with Crippen molar-refractivity contribution >= 4 is 29.3 Å². The van der Waals surface area contributed by atoms with E-state index in [9.17, 15) is 25.0 Å². The number of carbonyl (C=O) groups excluding carboxylic acids is 1. The van der Waals surface area contributed by atoms with Gasteiger partial charge in [0.05, 0.1) is 16.5 Å². The van der Waals surface area contributed by atoms with Gasteiger partial charge in [0.15, 0.2) is 17.2 Å². The fourth-order valence-electron chi connectivity index (χ4n) is 3.61. The zero-order valence-electron chi connectivity index (χ0n) is 19.9. The summed E-state index contributed by atoms with van der Waals surface area (Å²) in [4.78, 5) is 37.8. The predicted octanol–water partition coefficient (Wildman–Crippen LogP) is 5.13. The van der Waals surface area contributed by atoms with Crippen molar-refractivity contribution in [1.29, 1.82) is 0 Å². The van der Waals surface area contributed by atoms with E-state index in [1.807, 2.05) is 6.92 Å². The summed E-state index contributed by atoms with van der Waals surface area (Å²) in [5.41, 5.74) is 1.96. The van der Waals surface area contributed by atoms with Crippen LogP contribution in [0.15, 0.2) is 71.4 Å². The van der Waals surface area contributed by atoms with Gasteiger partial charge in [-0.2, -0.15) is 0 Å². The Morgan fingerprint density at radius 1 is 0.973 bits per heavy atom. The van der Waals surface area contributed by atoms with Gasteiger partial charge in [0, 0.05) is 29.3 Å². The van der Waals surface area contributed by atoms with Crippen LogP contribution in [-0.2, 0) is 16.1 Å². The Hall–Kier alpha value is -5.06. The third kappa shape index (κ3) is 5.61. The SMILES string of the molecule is CCOc1cc(/C=C2\N=C(c3cccc([N+](=O)[O-])c3C)OC2=O)ccc1OCc1ccc([N+](=O)[O-])cc1. The lowest BCUT2D eigenvalue weighted by molar-refractivity contribution is -0.385. The van der Waals surface area contributed by atoms with E-state index in [-0.39, 0.29) is 29.6 Å². The monoisotopic (exact) mass is 503 g/mol. The highest BCUT2D eigenvalue weighted by Gasteiger charge is 2.27. The van der Waals surface area contributed by atoms with Crippen molar-refractivity contribution in [2.75, 3.05) is 6.61 Å². The Bertz CT molecular complexity index is 1440. The molecule has 11 nitrogen and oxygen atoms in total. The van der Waals surface area contributed by atoms with Crippen molar-refractivity contribution in [2.24, 2.45) is 4.99 Å². The standard InChI is InChI=1S/C26H21N3O8/c1-3-35-24-14-18(9-12-23(24)36-15-17-7-10-19(11-8-17)28(31)32)13-21-26(30)37-25(27-21)20-5-4-6-22(16(20)2)29(33)34/h4-14H,3,15H2,1-2H3/b21-13-. The number of nitro groups is 2. The Morgan fingerprint density at radius 2 is 1.73 bits per heavy atom. The van der Waals surface area contributed by atoms with Gasteiger partial charge < -0.3 is 14.2 Å². The third-order valence-corrected chi connectivity index (χ3v) is 5.47. The van der Waals surface area contributed by atoms with Crippen molar-refractivity contribution in [3.05, 3.63) is 109 Å². The molecule has 0 amide bonds. The first-order chi connectivity index (χ1) is 17.8. The number of aliphatic imine (C=N–C) groups is 1. The Balaban J connectivity index is 1.56. The number of cyclic esters (lactones) is 1. The van der Waals surface area contributed by atoms with Gasteiger partial charge in [-0.1, -0.05) is 12.1 Å². The predicted molar refractivity (Wildman–Crippen MR) is 133 cm³/mol. The van der Waals surface area contributed by atoms with Gasteiger partial charge in [-0.25, -0.2) is 9.79 Å². The minimum atomic E-state index is -0.683. The second-order valence-electron chi connectivity index (χ2n) is 7.89. The number of ether oxygens (including phenoxy) is 3. The average Bonchev–Trinajstić information content (AvgIpc) is 3.23. The van der Waals surface area contributed by atoms with Crippen LogP contribution in [0.4, 0.5) is 11.4 Å². The Morgan fingerprint density at radius 3 is 2.41 bits per heavy atom. The molecule has 0 N–H and O–H groups in total. The number of nitrogens with zero attached hydrogens (tertiary/aromatic N) is 3. The van der Waals surface area contributed by atoms with Crippen molar-refractivity contribution in [3.8, 4) is 11.5 Å². The number of carbonyl (C=O) groups is 1. The van der Waals surface area contributed by atoms with Gasteiger partial charge in [0.25, 0.3) is 11.4 Å². The molecule has 0 fully saturated rings. The van der Waals surface area contributed by atoms with Crippen LogP contribution in [0, 0.1) is 27.2 Å². The van der Waals surface area contributed by atoms with Crippen LogP contribution in [-0.4, -0.2) is 28.3 Å². The number of hydrogen-bond acceptors (Lipinski definition) is 9. The van der Waals surface area contributed by atoms with Crippen LogP contribution in [0.2, 0.25) is 0 Å². The third-order valence-electron chi connectivity index (χ3n) is 5.47. The van der Waals surface area contributed by atoms with Gasteiger partial charge in [0.2, 0.25) is 5.90 Å². The molecule has 0 bridgehead atoms. The molecule has 3 aromatic rings. The topological polar surface area (TPSA) is 143 Å². The first-order valence-electron chi connectivity index (χ1n) is 11.2. The van der Waals surface area contributed by atoms with E-state index in [4.69, 9.17) is 14.2 Å². The minimum Gasteiger partial charge on any atom is -0.490 e. The summed E-state index contributed by atoms with van der Waals surface area (Å²) in [6.45, 7) is 3.91. The second-order valence-corrected chi connectivity index (χ2v) is 7.89. The second kappa shape index (κ2) is 10.7. The van der Waals surface area contributed by atoms with Crippen molar-refractivity contribution in [2.45, 2.75) is 20.5 Å². The number of esters is 1. The van der Waals surface area contributed by atoms with Gasteiger partial charge in [0.1, 0.15) is 6.61 Å². The summed E-state index contributed by atoms with van der Waals surface area (Å²) in [6.07, 6.45) is 1.52. The molecule has 0 atom stereocenters. The first kappa shape index (κ1) is 25.0. The molecule has 0 saturated heterocycles. The average molecular weight is 503 g/mol. The summed E-state index contributed by atoms with van der Waals surface area (Å²) < 4.78 is 16.8. The summed E-state index contributed by atoms with van der Waals surface area (Å²) in [6, 6.07) is 15.6. The molecule has 1 aliphatic heterocycles. The first-order valence-corrected chi connectivity index (χ1v) is 11.2. The molecule has 1 aliphatic rings. The minimum absolute atomic E-state index is 0.00644. The zero-order valence-corrected chi connectivity index (χ0v) is 19.9. The van der Waals surface area contributed by atoms with Crippen LogP contribution in [0.3, 0.4) is 0 Å². The maximum atomic E-state index is 12.5. The largest absolute Gasteiger partial charge is 0.490 e. The highest BCUT2D eigenvalue weighted by atomic mass is 16.6. The lowest BCUT2D eigenvalue weighted by Gasteiger charge is -2.13. The highest BCUT2D eigenvalue weighted by Crippen LogP contribution is 2.31. The molecule has 188 valence electrons. The maximum Gasteiger partial charge on any atom is 0.363 e. The normalized spacial score (nSPS) is 13.7. The molecular weight excluding hydrogens is 482 g/mol. The molecule has 1 heterocycles. The highest BCUT2D eigenvalue weighted by molar-refractivity contribution is 6.13. The van der Waals surface area contributed by atoms with Crippen LogP contribution < -0.4 is 9.47 Å². The van der Waals surface area contributed by atoms with Crippen LogP contribution in [0.5, 0.6) is 11.5 Å². The van der Waals surface area contributed by atoms with E-state index < -0.39 is 15.8 Å². The summed E-state index contributed by atoms with van der Waals surface area (Å²) in [5, 5.41) is 22.1. The van der Waals surface area contributed by atoms with E-state index >= 15 is 0 Å². The van der Waals surface area contributed by atoms with E-state index in [2.05, 4.69) is 4.99 Å². The molecule has 3 aromatic carbocycles. The van der Waals surface area contributed by atoms with E-state index in [1.165, 1.54) is 30.3 Å². The van der Waals surface area contributed by atoms with Gasteiger partial charge in [-0.15, -0.1) is 0 Å². The molecule has 0 unspecified atom stereocenters. The number of hydrogen-bond donors (Lipinski definition) is 0. The zero-order chi connectivity index (χ0) is 26.5. The van der Waals surface area contributed by atoms with Crippen molar-refractivity contribution < 1.29 is 28.9 Å². The molecule has 0 aromatic heterocycles. The van der Waals surface area contributed by atoms with Gasteiger partial charge in [-0.3, -0.25) is 20.2 Å². The number of rotatable bonds is 9. The quantitative estimate of drug-likeness (QED) is 0.169. The molecule has 4 rings (SSSR count). The molecule has 0 spiro atoms. The number of non-ortho nitro benzene ring substituents is 1. The number of nitro benzene ring substituents is 2. The molecule has 0 radical (unpaired) electrons. The lowest BCUT2D eigenvalue weighted by atomic mass is 10.1. The smallest absolute Gasteiger partial charge is 0.363 e. The molecular formula is C26H21N3O8. The van der Waals surface area contributed by atoms with E-state index in [1.54, 1.807) is 43.3 Å². The molecule has 0 saturated carbocycles. The van der Waals surface area contributed by atoms with E-state index in [0.717, 1.165) is 5.56 Å². The molecule has 37 heavy (non-hydrogen) atoms. The molecule has 11 heteroatoms. The van der Waals surface area contributed by atoms with Crippen LogP contribution >= 0.6 is 0 Å². The van der Waals surface area contributed by atoms with Crippen molar-refractivity contribution in [1.82, 2.24) is 0 Å². The van der Waals surface area contributed by atoms with Crippen molar-refractivity contribution in [3.63, 3.8) is 0 Å². The van der Waals surface area contributed by atoms with Crippen LogP contribution in [0.1, 0.15) is 29.2 Å². The summed E-state index contributed by atoms with van der Waals surface area (Å²) in [7, 11) is 0. The summed E-state index contributed by atoms with van der Waals surface area (Å²) in [5.74, 6) is 0.194. The number of benzene rings is 3. The molecule has 0 aliphatic carbocycles.